The van der Waals surface area contributed by atoms with Crippen molar-refractivity contribution < 1.29 is 32.6 Å². The third-order valence-corrected chi connectivity index (χ3v) is 7.67. The zero-order valence-electron chi connectivity index (χ0n) is 21.6. The van der Waals surface area contributed by atoms with Gasteiger partial charge in [0, 0.05) is 36.8 Å². The number of aromatic carboxylic acids is 1. The minimum atomic E-state index is -1.24. The Kier molecular flexibility index (Phi) is 7.36. The second kappa shape index (κ2) is 10.7. The summed E-state index contributed by atoms with van der Waals surface area (Å²) in [6.07, 6.45) is 2.08. The molecule has 0 unspecified atom stereocenters. The largest absolute Gasteiger partial charge is 0.494 e. The summed E-state index contributed by atoms with van der Waals surface area (Å²) >= 11 is 0. The lowest BCUT2D eigenvalue weighted by molar-refractivity contribution is -0.118. The van der Waals surface area contributed by atoms with Gasteiger partial charge in [0.2, 0.25) is 5.91 Å². The van der Waals surface area contributed by atoms with E-state index in [2.05, 4.69) is 4.90 Å². The highest BCUT2D eigenvalue weighted by Crippen LogP contribution is 2.43. The second-order valence-electron chi connectivity index (χ2n) is 10.3. The zero-order chi connectivity index (χ0) is 27.7. The number of benzene rings is 3. The molecule has 1 N–H and O–H groups in total. The maximum atomic E-state index is 14.5. The smallest absolute Gasteiger partial charge is 0.335 e. The van der Waals surface area contributed by atoms with Crippen LogP contribution in [0.1, 0.15) is 42.1 Å². The van der Waals surface area contributed by atoms with E-state index in [1.807, 2.05) is 13.0 Å². The zero-order valence-corrected chi connectivity index (χ0v) is 21.6. The fourth-order valence-corrected chi connectivity index (χ4v) is 5.59. The first-order chi connectivity index (χ1) is 18.7. The minimum Gasteiger partial charge on any atom is -0.494 e. The van der Waals surface area contributed by atoms with E-state index < -0.39 is 23.4 Å². The number of carboxylic acid groups (broad SMARTS) is 1. The summed E-state index contributed by atoms with van der Waals surface area (Å²) in [7, 11) is 0. The topological polar surface area (TPSA) is 70.1 Å². The number of hydrogen-bond acceptors (Lipinski definition) is 4. The van der Waals surface area contributed by atoms with Crippen LogP contribution >= 0.6 is 0 Å². The maximum absolute atomic E-state index is 14.5. The first-order valence-corrected chi connectivity index (χ1v) is 12.9. The van der Waals surface area contributed by atoms with Gasteiger partial charge in [-0.3, -0.25) is 9.69 Å². The van der Waals surface area contributed by atoms with Crippen LogP contribution in [0.15, 0.2) is 54.6 Å². The van der Waals surface area contributed by atoms with Crippen LogP contribution in [0.25, 0.3) is 11.1 Å². The minimum absolute atomic E-state index is 0.0322. The van der Waals surface area contributed by atoms with Crippen LogP contribution < -0.4 is 9.64 Å². The predicted octanol–water partition coefficient (Wildman–Crippen LogP) is 5.89. The fourth-order valence-electron chi connectivity index (χ4n) is 5.59. The van der Waals surface area contributed by atoms with Crippen LogP contribution in [0.3, 0.4) is 0 Å². The Labute approximate surface area is 224 Å². The third-order valence-electron chi connectivity index (χ3n) is 7.67. The highest BCUT2D eigenvalue weighted by molar-refractivity contribution is 5.97. The molecule has 1 spiro atoms. The Morgan fingerprint density at radius 2 is 1.67 bits per heavy atom. The fraction of sp³-hybridized carbons (Fsp3) is 0.333. The van der Waals surface area contributed by atoms with Crippen molar-refractivity contribution in [3.63, 3.8) is 0 Å². The molecule has 3 aromatic rings. The van der Waals surface area contributed by atoms with E-state index in [0.29, 0.717) is 49.2 Å². The summed E-state index contributed by atoms with van der Waals surface area (Å²) in [6.45, 7) is 4.90. The molecule has 2 saturated heterocycles. The number of anilines is 1. The number of ether oxygens (including phenoxy) is 1. The van der Waals surface area contributed by atoms with Crippen molar-refractivity contribution in [3.8, 4) is 16.9 Å². The molecule has 39 heavy (non-hydrogen) atoms. The van der Waals surface area contributed by atoms with Crippen LogP contribution in [0.5, 0.6) is 5.75 Å². The van der Waals surface area contributed by atoms with Gasteiger partial charge in [-0.1, -0.05) is 0 Å². The average Bonchev–Trinajstić information content (AvgIpc) is 3.23. The van der Waals surface area contributed by atoms with Gasteiger partial charge in [-0.15, -0.1) is 0 Å². The molecular formula is C30H29F3N2O4. The quantitative estimate of drug-likeness (QED) is 0.380. The number of nitrogens with zero attached hydrogens (tertiary/aromatic N) is 2. The number of carbonyl (C=O) groups is 2. The molecule has 2 aliphatic rings. The van der Waals surface area contributed by atoms with Gasteiger partial charge in [-0.05, 0) is 97.9 Å². The normalized spacial score (nSPS) is 17.1. The van der Waals surface area contributed by atoms with Gasteiger partial charge in [0.15, 0.2) is 11.6 Å². The highest BCUT2D eigenvalue weighted by atomic mass is 19.2. The van der Waals surface area contributed by atoms with Crippen LogP contribution in [0, 0.1) is 22.9 Å². The van der Waals surface area contributed by atoms with Gasteiger partial charge in [-0.2, -0.15) is 0 Å². The summed E-state index contributed by atoms with van der Waals surface area (Å²) in [4.78, 5) is 28.0. The summed E-state index contributed by atoms with van der Waals surface area (Å²) in [5.74, 6) is -3.65. The Morgan fingerprint density at radius 3 is 2.33 bits per heavy atom. The maximum Gasteiger partial charge on any atom is 0.335 e. The van der Waals surface area contributed by atoms with Crippen molar-refractivity contribution in [3.05, 3.63) is 83.2 Å². The summed E-state index contributed by atoms with van der Waals surface area (Å²) in [5, 5.41) is 9.13. The molecule has 204 valence electrons. The molecule has 0 bridgehead atoms. The lowest BCUT2D eigenvalue weighted by Crippen LogP contribution is -2.41. The lowest BCUT2D eigenvalue weighted by atomic mass is 9.77. The van der Waals surface area contributed by atoms with Crippen molar-refractivity contribution in [2.24, 2.45) is 5.41 Å². The molecule has 6 nitrogen and oxygen atoms in total. The van der Waals surface area contributed by atoms with Gasteiger partial charge in [0.25, 0.3) is 0 Å². The van der Waals surface area contributed by atoms with Crippen molar-refractivity contribution in [1.29, 1.82) is 0 Å². The van der Waals surface area contributed by atoms with Crippen LogP contribution in [0.4, 0.5) is 18.9 Å². The summed E-state index contributed by atoms with van der Waals surface area (Å²) in [6, 6.07) is 13.0. The Balaban J connectivity index is 1.28. The number of likely N-dealkylation sites (tertiary alicyclic amines) is 1. The molecule has 5 rings (SSSR count). The molecule has 0 radical (unpaired) electrons. The molecule has 0 aromatic heterocycles. The molecule has 2 fully saturated rings. The van der Waals surface area contributed by atoms with Crippen molar-refractivity contribution in [1.82, 2.24) is 4.90 Å². The van der Waals surface area contributed by atoms with E-state index in [4.69, 9.17) is 9.84 Å². The first-order valence-electron chi connectivity index (χ1n) is 12.9. The SMILES string of the molecule is CCOc1cc(CN2CCC3(CC2)CC(=O)N(c2ccc(C(=O)O)cc2)C3)cc(-c2cc(F)c(F)cc2F)c1. The molecule has 2 aliphatic heterocycles. The van der Waals surface area contributed by atoms with Gasteiger partial charge >= 0.3 is 5.97 Å². The molecular weight excluding hydrogens is 509 g/mol. The molecule has 0 atom stereocenters. The number of piperidine rings is 1. The third kappa shape index (κ3) is 5.63. The van der Waals surface area contributed by atoms with E-state index in [-0.39, 0.29) is 22.4 Å². The van der Waals surface area contributed by atoms with E-state index in [9.17, 15) is 22.8 Å². The monoisotopic (exact) mass is 538 g/mol. The van der Waals surface area contributed by atoms with Gasteiger partial charge in [0.1, 0.15) is 11.6 Å². The van der Waals surface area contributed by atoms with Gasteiger partial charge in [0.05, 0.1) is 12.2 Å². The van der Waals surface area contributed by atoms with Crippen molar-refractivity contribution >= 4 is 17.6 Å². The molecule has 9 heteroatoms. The highest BCUT2D eigenvalue weighted by Gasteiger charge is 2.45. The Morgan fingerprint density at radius 1 is 0.974 bits per heavy atom. The number of halogens is 3. The molecule has 2 heterocycles. The molecule has 1 amide bonds. The summed E-state index contributed by atoms with van der Waals surface area (Å²) in [5.41, 5.74) is 1.97. The van der Waals surface area contributed by atoms with E-state index in [0.717, 1.165) is 37.6 Å². The first kappa shape index (κ1) is 26.7. The lowest BCUT2D eigenvalue weighted by Gasteiger charge is -2.39. The van der Waals surface area contributed by atoms with Gasteiger partial charge in [-0.25, -0.2) is 18.0 Å². The number of carbonyl (C=O) groups excluding carboxylic acids is 1. The summed E-state index contributed by atoms with van der Waals surface area (Å²) < 4.78 is 47.6. The van der Waals surface area contributed by atoms with E-state index in [1.165, 1.54) is 12.1 Å². The molecule has 0 aliphatic carbocycles. The average molecular weight is 539 g/mol. The Bertz CT molecular complexity index is 1400. The van der Waals surface area contributed by atoms with Crippen molar-refractivity contribution in [2.45, 2.75) is 32.7 Å². The van der Waals surface area contributed by atoms with E-state index >= 15 is 0 Å². The standard InChI is InChI=1S/C30H29F3N2O4/c1-2-39-23-12-19(11-21(13-23)24-14-26(32)27(33)15-25(24)31)17-34-9-7-30(8-10-34)16-28(36)35(18-30)22-5-3-20(4-6-22)29(37)38/h3-6,11-15H,2,7-10,16-18H2,1H3,(H,37,38). The Hall–Kier alpha value is -3.85. The van der Waals surface area contributed by atoms with Crippen LogP contribution in [-0.2, 0) is 11.3 Å². The number of rotatable bonds is 7. The second-order valence-corrected chi connectivity index (χ2v) is 10.3. The van der Waals surface area contributed by atoms with E-state index in [1.54, 1.807) is 29.2 Å². The molecule has 3 aromatic carbocycles. The van der Waals surface area contributed by atoms with Crippen LogP contribution in [-0.4, -0.2) is 48.1 Å². The number of amides is 1. The predicted molar refractivity (Wildman–Crippen MR) is 140 cm³/mol. The van der Waals surface area contributed by atoms with Gasteiger partial charge < -0.3 is 14.7 Å². The molecule has 0 saturated carbocycles. The number of hydrogen-bond donors (Lipinski definition) is 1. The number of carboxylic acids is 1. The van der Waals surface area contributed by atoms with Crippen LogP contribution in [0.2, 0.25) is 0 Å². The van der Waals surface area contributed by atoms with Crippen molar-refractivity contribution in [2.75, 3.05) is 31.1 Å².